The first kappa shape index (κ1) is 21.1. The maximum absolute atomic E-state index is 12.5. The number of anilines is 1. The van der Waals surface area contributed by atoms with Gasteiger partial charge in [0, 0.05) is 22.0 Å². The van der Waals surface area contributed by atoms with Gasteiger partial charge in [0.1, 0.15) is 0 Å². The van der Waals surface area contributed by atoms with E-state index in [9.17, 15) is 4.79 Å². The van der Waals surface area contributed by atoms with Crippen molar-refractivity contribution in [1.82, 2.24) is 19.7 Å². The highest BCUT2D eigenvalue weighted by Crippen LogP contribution is 2.32. The number of halogens is 2. The van der Waals surface area contributed by atoms with Crippen molar-refractivity contribution in [3.05, 3.63) is 38.8 Å². The van der Waals surface area contributed by atoms with Crippen molar-refractivity contribution >= 4 is 57.3 Å². The molecule has 0 aliphatic heterocycles. The van der Waals surface area contributed by atoms with E-state index in [1.807, 2.05) is 38.3 Å². The molecule has 2 aromatic heterocycles. The second-order valence-electron chi connectivity index (χ2n) is 6.08. The summed E-state index contributed by atoms with van der Waals surface area (Å²) in [6.45, 7) is 8.37. The fraction of sp³-hybridized carbons (Fsp3) is 0.333. The van der Waals surface area contributed by atoms with Crippen LogP contribution in [0.2, 0.25) is 10.0 Å². The number of thioether (sulfide) groups is 1. The second-order valence-corrected chi connectivity index (χ2v) is 9.44. The summed E-state index contributed by atoms with van der Waals surface area (Å²) in [7, 11) is 0. The van der Waals surface area contributed by atoms with Gasteiger partial charge in [0.2, 0.25) is 5.91 Å². The number of rotatable bonds is 6. The van der Waals surface area contributed by atoms with Gasteiger partial charge in [0.05, 0.1) is 16.0 Å². The van der Waals surface area contributed by atoms with E-state index < -0.39 is 0 Å². The lowest BCUT2D eigenvalue weighted by Crippen LogP contribution is -2.22. The first-order valence-electron chi connectivity index (χ1n) is 8.60. The molecule has 0 saturated heterocycles. The maximum atomic E-state index is 12.5. The van der Waals surface area contributed by atoms with Crippen molar-refractivity contribution in [1.29, 1.82) is 0 Å². The molecule has 1 amide bonds. The summed E-state index contributed by atoms with van der Waals surface area (Å²) in [4.78, 5) is 18.0. The van der Waals surface area contributed by atoms with Crippen LogP contribution in [0.4, 0.5) is 5.13 Å². The third-order valence-corrected chi connectivity index (χ3v) is 6.73. The quantitative estimate of drug-likeness (QED) is 0.499. The Labute approximate surface area is 181 Å². The lowest BCUT2D eigenvalue weighted by atomic mass is 10.2. The van der Waals surface area contributed by atoms with Crippen LogP contribution in [0.15, 0.2) is 23.4 Å². The number of nitrogens with one attached hydrogen (secondary N) is 1. The monoisotopic (exact) mass is 455 g/mol. The van der Waals surface area contributed by atoms with Crippen LogP contribution >= 0.6 is 46.3 Å². The summed E-state index contributed by atoms with van der Waals surface area (Å²) < 4.78 is 1.93. The number of amides is 1. The Bertz CT molecular complexity index is 998. The fourth-order valence-electron chi connectivity index (χ4n) is 2.48. The zero-order valence-electron chi connectivity index (χ0n) is 15.8. The van der Waals surface area contributed by atoms with Crippen LogP contribution in [-0.2, 0) is 11.3 Å². The molecule has 3 aromatic rings. The largest absolute Gasteiger partial charge is 0.302 e. The molecule has 0 aliphatic rings. The van der Waals surface area contributed by atoms with Gasteiger partial charge in [-0.1, -0.05) is 35.0 Å². The molecule has 1 aromatic carbocycles. The highest BCUT2D eigenvalue weighted by atomic mass is 35.5. The molecule has 6 nitrogen and oxygen atoms in total. The number of thiazole rings is 1. The minimum atomic E-state index is -0.368. The van der Waals surface area contributed by atoms with Crippen LogP contribution < -0.4 is 5.32 Å². The Kier molecular flexibility index (Phi) is 6.65. The first-order chi connectivity index (χ1) is 13.3. The fourth-order valence-corrected chi connectivity index (χ4v) is 4.70. The van der Waals surface area contributed by atoms with Crippen molar-refractivity contribution in [2.75, 3.05) is 5.32 Å². The van der Waals surface area contributed by atoms with E-state index in [1.54, 1.807) is 12.1 Å². The molecular formula is C18H19Cl2N5OS2. The average Bonchev–Trinajstić information content (AvgIpc) is 3.17. The van der Waals surface area contributed by atoms with Gasteiger partial charge in [-0.25, -0.2) is 4.98 Å². The van der Waals surface area contributed by atoms with E-state index in [2.05, 4.69) is 20.5 Å². The van der Waals surface area contributed by atoms with Gasteiger partial charge >= 0.3 is 0 Å². The Hall–Kier alpha value is -1.61. The molecule has 2 heterocycles. The zero-order chi connectivity index (χ0) is 20.4. The van der Waals surface area contributed by atoms with Crippen LogP contribution in [0, 0.1) is 13.8 Å². The third-order valence-electron chi connectivity index (χ3n) is 4.12. The summed E-state index contributed by atoms with van der Waals surface area (Å²) in [6.07, 6.45) is 0. The zero-order valence-corrected chi connectivity index (χ0v) is 18.9. The van der Waals surface area contributed by atoms with Gasteiger partial charge in [0.15, 0.2) is 16.1 Å². The molecule has 0 fully saturated rings. The first-order valence-corrected chi connectivity index (χ1v) is 11.1. The lowest BCUT2D eigenvalue weighted by molar-refractivity contribution is -0.115. The molecule has 0 radical (unpaired) electrons. The number of benzene rings is 1. The Morgan fingerprint density at radius 2 is 2.07 bits per heavy atom. The predicted molar refractivity (Wildman–Crippen MR) is 117 cm³/mol. The summed E-state index contributed by atoms with van der Waals surface area (Å²) in [6, 6.07) is 5.25. The number of hydrogen-bond donors (Lipinski definition) is 1. The van der Waals surface area contributed by atoms with Crippen LogP contribution in [-0.4, -0.2) is 30.9 Å². The standard InChI is InChI=1S/C18H19Cl2N5OS2/c1-5-25-15(13-7-6-12(19)8-14(13)20)23-24-18(25)28-11(4)16(26)22-17-21-9(2)10(3)27-17/h6-8,11H,5H2,1-4H3,(H,21,22,26)/t11-/m1/s1. The van der Waals surface area contributed by atoms with Gasteiger partial charge < -0.3 is 9.88 Å². The second kappa shape index (κ2) is 8.82. The molecule has 0 unspecified atom stereocenters. The highest BCUT2D eigenvalue weighted by Gasteiger charge is 2.22. The van der Waals surface area contributed by atoms with Crippen molar-refractivity contribution in [3.63, 3.8) is 0 Å². The van der Waals surface area contributed by atoms with Crippen LogP contribution in [0.25, 0.3) is 11.4 Å². The Morgan fingerprint density at radius 1 is 1.32 bits per heavy atom. The van der Waals surface area contributed by atoms with Crippen molar-refractivity contribution in [2.45, 2.75) is 44.6 Å². The minimum Gasteiger partial charge on any atom is -0.302 e. The van der Waals surface area contributed by atoms with Crippen LogP contribution in [0.1, 0.15) is 24.4 Å². The van der Waals surface area contributed by atoms with E-state index in [4.69, 9.17) is 23.2 Å². The predicted octanol–water partition coefficient (Wildman–Crippen LogP) is 5.46. The van der Waals surface area contributed by atoms with Gasteiger partial charge in [0.25, 0.3) is 0 Å². The number of carbonyl (C=O) groups is 1. The third kappa shape index (κ3) is 4.51. The molecule has 0 bridgehead atoms. The minimum absolute atomic E-state index is 0.129. The maximum Gasteiger partial charge on any atom is 0.239 e. The SMILES string of the molecule is CCn1c(S[C@H](C)C(=O)Nc2nc(C)c(C)s2)nnc1-c1ccc(Cl)cc1Cl. The number of aryl methyl sites for hydroxylation is 2. The molecule has 28 heavy (non-hydrogen) atoms. The van der Waals surface area contributed by atoms with Gasteiger partial charge in [-0.15, -0.1) is 21.5 Å². The van der Waals surface area contributed by atoms with Crippen LogP contribution in [0.3, 0.4) is 0 Å². The van der Waals surface area contributed by atoms with Crippen molar-refractivity contribution < 1.29 is 4.79 Å². The summed E-state index contributed by atoms with van der Waals surface area (Å²) in [5.74, 6) is 0.515. The van der Waals surface area contributed by atoms with Gasteiger partial charge in [-0.05, 0) is 45.9 Å². The summed E-state index contributed by atoms with van der Waals surface area (Å²) in [5.41, 5.74) is 1.67. The molecule has 0 aliphatic carbocycles. The van der Waals surface area contributed by atoms with E-state index in [-0.39, 0.29) is 11.2 Å². The van der Waals surface area contributed by atoms with Crippen LogP contribution in [0.5, 0.6) is 0 Å². The molecule has 148 valence electrons. The van der Waals surface area contributed by atoms with E-state index in [0.717, 1.165) is 16.1 Å². The highest BCUT2D eigenvalue weighted by molar-refractivity contribution is 8.00. The van der Waals surface area contributed by atoms with Crippen molar-refractivity contribution in [3.8, 4) is 11.4 Å². The average molecular weight is 456 g/mol. The molecule has 1 atom stereocenters. The number of nitrogens with zero attached hydrogens (tertiary/aromatic N) is 4. The van der Waals surface area contributed by atoms with E-state index in [1.165, 1.54) is 23.1 Å². The van der Waals surface area contributed by atoms with E-state index in [0.29, 0.717) is 32.7 Å². The molecule has 3 rings (SSSR count). The van der Waals surface area contributed by atoms with Gasteiger partial charge in [-0.2, -0.15) is 0 Å². The number of hydrogen-bond acceptors (Lipinski definition) is 6. The van der Waals surface area contributed by atoms with Gasteiger partial charge in [-0.3, -0.25) is 4.79 Å². The number of carbonyl (C=O) groups excluding carboxylic acids is 1. The molecule has 0 saturated carbocycles. The molecule has 0 spiro atoms. The normalized spacial score (nSPS) is 12.2. The molecular weight excluding hydrogens is 437 g/mol. The smallest absolute Gasteiger partial charge is 0.239 e. The van der Waals surface area contributed by atoms with Crippen molar-refractivity contribution in [2.24, 2.45) is 0 Å². The summed E-state index contributed by atoms with van der Waals surface area (Å²) >= 11 is 15.1. The van der Waals surface area contributed by atoms with E-state index >= 15 is 0 Å². The lowest BCUT2D eigenvalue weighted by Gasteiger charge is -2.12. The number of aromatic nitrogens is 4. The Balaban J connectivity index is 1.78. The molecule has 1 N–H and O–H groups in total. The summed E-state index contributed by atoms with van der Waals surface area (Å²) in [5, 5.41) is 13.4. The molecule has 10 heteroatoms. The Morgan fingerprint density at radius 3 is 2.68 bits per heavy atom. The topological polar surface area (TPSA) is 72.7 Å².